The van der Waals surface area contributed by atoms with Crippen molar-refractivity contribution in [3.63, 3.8) is 0 Å². The molecule has 0 aliphatic carbocycles. The quantitative estimate of drug-likeness (QED) is 0.784. The van der Waals surface area contributed by atoms with Crippen LogP contribution in [0.15, 0.2) is 42.9 Å². The summed E-state index contributed by atoms with van der Waals surface area (Å²) in [7, 11) is -3.34. The van der Waals surface area contributed by atoms with Gasteiger partial charge in [0.1, 0.15) is 5.69 Å². The monoisotopic (exact) mass is 348 g/mol. The molecule has 8 heteroatoms. The number of amides is 1. The van der Waals surface area contributed by atoms with Gasteiger partial charge in [-0.3, -0.25) is 9.78 Å². The van der Waals surface area contributed by atoms with Gasteiger partial charge < -0.3 is 5.32 Å². The molecule has 128 valence electrons. The summed E-state index contributed by atoms with van der Waals surface area (Å²) in [5.74, 6) is -0.381. The molecule has 0 bridgehead atoms. The summed E-state index contributed by atoms with van der Waals surface area (Å²) in [6.45, 7) is 3.88. The van der Waals surface area contributed by atoms with E-state index >= 15 is 0 Å². The van der Waals surface area contributed by atoms with E-state index in [1.54, 1.807) is 38.1 Å². The van der Waals surface area contributed by atoms with E-state index in [2.05, 4.69) is 20.0 Å². The van der Waals surface area contributed by atoms with E-state index in [1.165, 1.54) is 18.6 Å². The Morgan fingerprint density at radius 2 is 1.79 bits per heavy atom. The third kappa shape index (κ3) is 5.71. The van der Waals surface area contributed by atoms with Crippen LogP contribution in [0.2, 0.25) is 0 Å². The molecular weight excluding hydrogens is 328 g/mol. The first-order valence-electron chi connectivity index (χ1n) is 7.48. The van der Waals surface area contributed by atoms with E-state index in [1.807, 2.05) is 0 Å². The van der Waals surface area contributed by atoms with E-state index in [9.17, 15) is 13.2 Å². The van der Waals surface area contributed by atoms with E-state index in [-0.39, 0.29) is 23.4 Å². The SMILES string of the molecule is CC(C)NS(=O)(=O)Cc1ccc(CNC(=O)c2cnccn2)cc1. The van der Waals surface area contributed by atoms with Crippen LogP contribution in [-0.4, -0.2) is 30.3 Å². The molecule has 2 N–H and O–H groups in total. The zero-order chi connectivity index (χ0) is 17.6. The van der Waals surface area contributed by atoms with Crippen LogP contribution in [0, 0.1) is 0 Å². The summed E-state index contributed by atoms with van der Waals surface area (Å²) >= 11 is 0. The van der Waals surface area contributed by atoms with Crippen molar-refractivity contribution in [2.24, 2.45) is 0 Å². The fraction of sp³-hybridized carbons (Fsp3) is 0.312. The highest BCUT2D eigenvalue weighted by Crippen LogP contribution is 2.08. The number of sulfonamides is 1. The number of nitrogens with one attached hydrogen (secondary N) is 2. The molecule has 0 saturated heterocycles. The third-order valence-electron chi connectivity index (χ3n) is 3.04. The largest absolute Gasteiger partial charge is 0.347 e. The Labute approximate surface area is 141 Å². The van der Waals surface area contributed by atoms with Gasteiger partial charge in [0.2, 0.25) is 10.0 Å². The molecule has 1 heterocycles. The zero-order valence-corrected chi connectivity index (χ0v) is 14.4. The van der Waals surface area contributed by atoms with Crippen LogP contribution in [0.4, 0.5) is 0 Å². The summed E-state index contributed by atoms with van der Waals surface area (Å²) in [4.78, 5) is 19.6. The number of rotatable bonds is 7. The van der Waals surface area contributed by atoms with Gasteiger partial charge in [-0.2, -0.15) is 0 Å². The Bertz CT molecular complexity index is 775. The second kappa shape index (κ2) is 7.98. The molecule has 7 nitrogen and oxygen atoms in total. The maximum Gasteiger partial charge on any atom is 0.271 e. The Morgan fingerprint density at radius 3 is 2.38 bits per heavy atom. The first-order chi connectivity index (χ1) is 11.4. The van der Waals surface area contributed by atoms with E-state index in [0.29, 0.717) is 12.1 Å². The molecule has 0 atom stereocenters. The third-order valence-corrected chi connectivity index (χ3v) is 4.59. The van der Waals surface area contributed by atoms with Crippen LogP contribution < -0.4 is 10.0 Å². The van der Waals surface area contributed by atoms with Gasteiger partial charge in [0.05, 0.1) is 11.9 Å². The standard InChI is InChI=1S/C16H20N4O3S/c1-12(2)20-24(22,23)11-14-5-3-13(4-6-14)9-19-16(21)15-10-17-7-8-18-15/h3-8,10,12,20H,9,11H2,1-2H3,(H,19,21). The molecular formula is C16H20N4O3S. The molecule has 2 rings (SSSR count). The summed E-state index contributed by atoms with van der Waals surface area (Å²) in [5, 5.41) is 2.74. The highest BCUT2D eigenvalue weighted by molar-refractivity contribution is 7.88. The van der Waals surface area contributed by atoms with E-state index in [4.69, 9.17) is 0 Å². The van der Waals surface area contributed by atoms with Crippen LogP contribution in [0.3, 0.4) is 0 Å². The molecule has 1 aromatic carbocycles. The Balaban J connectivity index is 1.92. The van der Waals surface area contributed by atoms with Crippen molar-refractivity contribution in [3.05, 3.63) is 59.7 Å². The second-order valence-corrected chi connectivity index (χ2v) is 7.38. The summed E-state index contributed by atoms with van der Waals surface area (Å²) in [6.07, 6.45) is 4.35. The first-order valence-corrected chi connectivity index (χ1v) is 9.13. The molecule has 0 spiro atoms. The summed E-state index contributed by atoms with van der Waals surface area (Å²) < 4.78 is 26.3. The minimum absolute atomic E-state index is 0.0720. The molecule has 0 radical (unpaired) electrons. The van der Waals surface area contributed by atoms with Crippen molar-refractivity contribution in [1.29, 1.82) is 0 Å². The fourth-order valence-electron chi connectivity index (χ4n) is 2.06. The van der Waals surface area contributed by atoms with Crippen LogP contribution >= 0.6 is 0 Å². The molecule has 1 aromatic heterocycles. The van der Waals surface area contributed by atoms with E-state index in [0.717, 1.165) is 5.56 Å². The van der Waals surface area contributed by atoms with E-state index < -0.39 is 10.0 Å². The molecule has 0 aliphatic rings. The predicted octanol–water partition coefficient (Wildman–Crippen LogP) is 1.23. The fourth-order valence-corrected chi connectivity index (χ4v) is 3.50. The van der Waals surface area contributed by atoms with Crippen molar-refractivity contribution in [2.75, 3.05) is 0 Å². The van der Waals surface area contributed by atoms with Crippen LogP contribution in [-0.2, 0) is 22.3 Å². The smallest absolute Gasteiger partial charge is 0.271 e. The maximum atomic E-state index is 11.9. The van der Waals surface area contributed by atoms with Crippen molar-refractivity contribution in [1.82, 2.24) is 20.0 Å². The van der Waals surface area contributed by atoms with Crippen LogP contribution in [0.1, 0.15) is 35.5 Å². The predicted molar refractivity (Wildman–Crippen MR) is 90.5 cm³/mol. The summed E-state index contributed by atoms with van der Waals surface area (Å²) in [5.41, 5.74) is 1.80. The summed E-state index contributed by atoms with van der Waals surface area (Å²) in [6, 6.07) is 6.92. The van der Waals surface area contributed by atoms with Gasteiger partial charge in [-0.1, -0.05) is 24.3 Å². The molecule has 24 heavy (non-hydrogen) atoms. The lowest BCUT2D eigenvalue weighted by atomic mass is 10.1. The lowest BCUT2D eigenvalue weighted by Crippen LogP contribution is -2.31. The topological polar surface area (TPSA) is 101 Å². The number of hydrogen-bond acceptors (Lipinski definition) is 5. The van der Waals surface area contributed by atoms with Gasteiger partial charge in [0.15, 0.2) is 0 Å². The normalized spacial score (nSPS) is 11.5. The van der Waals surface area contributed by atoms with Gasteiger partial charge in [-0.05, 0) is 25.0 Å². The van der Waals surface area contributed by atoms with Crippen molar-refractivity contribution in [3.8, 4) is 0 Å². The average Bonchev–Trinajstić information content (AvgIpc) is 2.53. The molecule has 0 fully saturated rings. The van der Waals surface area contributed by atoms with Crippen molar-refractivity contribution in [2.45, 2.75) is 32.2 Å². The zero-order valence-electron chi connectivity index (χ0n) is 13.6. The first kappa shape index (κ1) is 18.0. The maximum absolute atomic E-state index is 11.9. The molecule has 1 amide bonds. The Hall–Kier alpha value is -2.32. The number of aromatic nitrogens is 2. The van der Waals surface area contributed by atoms with Gasteiger partial charge >= 0.3 is 0 Å². The van der Waals surface area contributed by atoms with Gasteiger partial charge in [-0.15, -0.1) is 0 Å². The second-order valence-electron chi connectivity index (χ2n) is 5.62. The highest BCUT2D eigenvalue weighted by atomic mass is 32.2. The lowest BCUT2D eigenvalue weighted by molar-refractivity contribution is 0.0945. The van der Waals surface area contributed by atoms with Crippen molar-refractivity contribution < 1.29 is 13.2 Å². The number of nitrogens with zero attached hydrogens (tertiary/aromatic N) is 2. The molecule has 0 unspecified atom stereocenters. The molecule has 2 aromatic rings. The molecule has 0 aliphatic heterocycles. The van der Waals surface area contributed by atoms with Crippen molar-refractivity contribution >= 4 is 15.9 Å². The number of hydrogen-bond donors (Lipinski definition) is 2. The van der Waals surface area contributed by atoms with Gasteiger partial charge in [-0.25, -0.2) is 18.1 Å². The average molecular weight is 348 g/mol. The lowest BCUT2D eigenvalue weighted by Gasteiger charge is -2.10. The van der Waals surface area contributed by atoms with Crippen LogP contribution in [0.5, 0.6) is 0 Å². The van der Waals surface area contributed by atoms with Gasteiger partial charge in [0.25, 0.3) is 5.91 Å². The Kier molecular flexibility index (Phi) is 5.99. The number of carbonyl (C=O) groups is 1. The highest BCUT2D eigenvalue weighted by Gasteiger charge is 2.13. The number of carbonyl (C=O) groups excluding carboxylic acids is 1. The minimum Gasteiger partial charge on any atom is -0.347 e. The molecule has 0 saturated carbocycles. The number of benzene rings is 1. The Morgan fingerprint density at radius 1 is 1.12 bits per heavy atom. The minimum atomic E-state index is -3.34. The van der Waals surface area contributed by atoms with Gasteiger partial charge in [0, 0.05) is 25.0 Å². The van der Waals surface area contributed by atoms with Crippen LogP contribution in [0.25, 0.3) is 0 Å².